The number of aromatic nitrogens is 1. The normalized spacial score (nSPS) is 15.5. The summed E-state index contributed by atoms with van der Waals surface area (Å²) in [6.07, 6.45) is 4.97. The Labute approximate surface area is 81.5 Å². The first-order chi connectivity index (χ1) is 6.20. The van der Waals surface area contributed by atoms with Crippen molar-refractivity contribution in [3.63, 3.8) is 0 Å². The predicted octanol–water partition coefficient (Wildman–Crippen LogP) is 1.58. The molecule has 4 heteroatoms. The minimum Gasteiger partial charge on any atom is -0.365 e. The van der Waals surface area contributed by atoms with Gasteiger partial charge in [0.25, 0.3) is 5.91 Å². The van der Waals surface area contributed by atoms with Gasteiger partial charge in [0, 0.05) is 18.4 Å². The lowest BCUT2D eigenvalue weighted by Gasteiger charge is -2.15. The molecule has 0 bridgehead atoms. The summed E-state index contributed by atoms with van der Waals surface area (Å²) in [5, 5.41) is 0.490. The monoisotopic (exact) mass is 198 g/mol. The molecule has 0 aromatic carbocycles. The van der Waals surface area contributed by atoms with Crippen molar-refractivity contribution in [2.45, 2.75) is 25.8 Å². The third-order valence-corrected chi connectivity index (χ3v) is 2.74. The van der Waals surface area contributed by atoms with Crippen LogP contribution in [0.15, 0.2) is 6.20 Å². The number of halogens is 1. The lowest BCUT2D eigenvalue weighted by Crippen LogP contribution is -2.17. The summed E-state index contributed by atoms with van der Waals surface area (Å²) in [5.41, 5.74) is 6.77. The maximum atomic E-state index is 11.1. The molecule has 2 rings (SSSR count). The van der Waals surface area contributed by atoms with Gasteiger partial charge in [0.1, 0.15) is 0 Å². The number of rotatable bonds is 1. The van der Waals surface area contributed by atoms with Crippen molar-refractivity contribution in [1.82, 2.24) is 4.57 Å². The van der Waals surface area contributed by atoms with E-state index in [0.29, 0.717) is 10.6 Å². The van der Waals surface area contributed by atoms with E-state index < -0.39 is 5.91 Å². The van der Waals surface area contributed by atoms with E-state index in [2.05, 4.69) is 0 Å². The smallest absolute Gasteiger partial charge is 0.252 e. The number of carbonyl (C=O) groups excluding carboxylic acids is 1. The number of aryl methyl sites for hydroxylation is 1. The summed E-state index contributed by atoms with van der Waals surface area (Å²) in [6.45, 7) is 0.947. The second-order valence-corrected chi connectivity index (χ2v) is 3.72. The van der Waals surface area contributed by atoms with Gasteiger partial charge in [-0.2, -0.15) is 0 Å². The van der Waals surface area contributed by atoms with E-state index in [4.69, 9.17) is 17.3 Å². The lowest BCUT2D eigenvalue weighted by atomic mass is 10.1. The molecule has 0 unspecified atom stereocenters. The van der Waals surface area contributed by atoms with E-state index in [1.807, 2.05) is 4.57 Å². The molecule has 0 atom stereocenters. The van der Waals surface area contributed by atoms with Crippen molar-refractivity contribution in [3.8, 4) is 0 Å². The Morgan fingerprint density at radius 2 is 2.31 bits per heavy atom. The molecule has 13 heavy (non-hydrogen) atoms. The van der Waals surface area contributed by atoms with E-state index in [9.17, 15) is 4.79 Å². The maximum absolute atomic E-state index is 11.1. The van der Waals surface area contributed by atoms with Gasteiger partial charge in [-0.15, -0.1) is 0 Å². The number of primary amides is 1. The standard InChI is InChI=1S/C9H11ClN2O/c10-6-5-12-4-2-1-3-7(12)8(6)9(11)13/h5H,1-4H2,(H2,11,13). The molecular weight excluding hydrogens is 188 g/mol. The molecular formula is C9H11ClN2O. The average molecular weight is 199 g/mol. The van der Waals surface area contributed by atoms with Gasteiger partial charge in [0.15, 0.2) is 0 Å². The van der Waals surface area contributed by atoms with Crippen molar-refractivity contribution in [2.75, 3.05) is 0 Å². The van der Waals surface area contributed by atoms with Crippen LogP contribution in [0.25, 0.3) is 0 Å². The summed E-state index contributed by atoms with van der Waals surface area (Å²) < 4.78 is 2.03. The van der Waals surface area contributed by atoms with E-state index in [1.54, 1.807) is 6.20 Å². The first-order valence-corrected chi connectivity index (χ1v) is 4.75. The zero-order chi connectivity index (χ0) is 9.42. The molecule has 0 radical (unpaired) electrons. The Bertz CT molecular complexity index is 357. The highest BCUT2D eigenvalue weighted by Crippen LogP contribution is 2.26. The molecule has 0 spiro atoms. The van der Waals surface area contributed by atoms with Crippen molar-refractivity contribution in [1.29, 1.82) is 0 Å². The van der Waals surface area contributed by atoms with E-state index in [1.165, 1.54) is 0 Å². The van der Waals surface area contributed by atoms with Gasteiger partial charge in [-0.25, -0.2) is 0 Å². The van der Waals surface area contributed by atoms with Gasteiger partial charge >= 0.3 is 0 Å². The van der Waals surface area contributed by atoms with Crippen molar-refractivity contribution in [2.24, 2.45) is 5.73 Å². The van der Waals surface area contributed by atoms with Crippen LogP contribution in [-0.4, -0.2) is 10.5 Å². The quantitative estimate of drug-likeness (QED) is 0.732. The molecule has 1 aromatic rings. The minimum atomic E-state index is -0.416. The Morgan fingerprint density at radius 1 is 1.54 bits per heavy atom. The van der Waals surface area contributed by atoms with Crippen LogP contribution in [0.3, 0.4) is 0 Å². The SMILES string of the molecule is NC(=O)c1c(Cl)cn2c1CCCC2. The van der Waals surface area contributed by atoms with Crippen LogP contribution in [0.5, 0.6) is 0 Å². The minimum absolute atomic E-state index is 0.416. The molecule has 1 amide bonds. The zero-order valence-electron chi connectivity index (χ0n) is 7.22. The van der Waals surface area contributed by atoms with Crippen molar-refractivity contribution >= 4 is 17.5 Å². The molecule has 0 fully saturated rings. The van der Waals surface area contributed by atoms with Gasteiger partial charge in [-0.05, 0) is 19.3 Å². The zero-order valence-corrected chi connectivity index (χ0v) is 7.97. The largest absolute Gasteiger partial charge is 0.365 e. The molecule has 0 aliphatic carbocycles. The summed E-state index contributed by atoms with van der Waals surface area (Å²) >= 11 is 5.91. The van der Waals surface area contributed by atoms with Crippen LogP contribution in [0.2, 0.25) is 5.02 Å². The summed E-state index contributed by atoms with van der Waals surface area (Å²) in [6, 6.07) is 0. The number of hydrogen-bond acceptors (Lipinski definition) is 1. The van der Waals surface area contributed by atoms with E-state index in [-0.39, 0.29) is 0 Å². The fourth-order valence-electron chi connectivity index (χ4n) is 1.86. The van der Waals surface area contributed by atoms with Gasteiger partial charge < -0.3 is 10.3 Å². The average Bonchev–Trinajstić information content (AvgIpc) is 2.39. The summed E-state index contributed by atoms with van der Waals surface area (Å²) in [5.74, 6) is -0.416. The number of fused-ring (bicyclic) bond motifs is 1. The maximum Gasteiger partial charge on any atom is 0.252 e. The molecule has 1 aliphatic rings. The number of hydrogen-bond donors (Lipinski definition) is 1. The lowest BCUT2D eigenvalue weighted by molar-refractivity contribution is 0.0999. The fraction of sp³-hybridized carbons (Fsp3) is 0.444. The van der Waals surface area contributed by atoms with Crippen LogP contribution in [0.4, 0.5) is 0 Å². The highest BCUT2D eigenvalue weighted by atomic mass is 35.5. The fourth-order valence-corrected chi connectivity index (χ4v) is 2.18. The summed E-state index contributed by atoms with van der Waals surface area (Å²) in [4.78, 5) is 11.1. The number of nitrogens with two attached hydrogens (primary N) is 1. The molecule has 3 nitrogen and oxygen atoms in total. The second-order valence-electron chi connectivity index (χ2n) is 3.31. The Hall–Kier alpha value is -0.960. The second kappa shape index (κ2) is 3.07. The van der Waals surface area contributed by atoms with E-state index in [0.717, 1.165) is 31.5 Å². The van der Waals surface area contributed by atoms with Crippen LogP contribution in [0, 0.1) is 0 Å². The number of amides is 1. The highest BCUT2D eigenvalue weighted by molar-refractivity contribution is 6.34. The molecule has 0 saturated heterocycles. The number of carbonyl (C=O) groups is 1. The van der Waals surface area contributed by atoms with Crippen LogP contribution >= 0.6 is 11.6 Å². The Kier molecular flexibility index (Phi) is 2.04. The Morgan fingerprint density at radius 3 is 3.00 bits per heavy atom. The Balaban J connectivity index is 2.54. The van der Waals surface area contributed by atoms with Gasteiger partial charge in [0.2, 0.25) is 0 Å². The van der Waals surface area contributed by atoms with Gasteiger partial charge in [0.05, 0.1) is 10.6 Å². The van der Waals surface area contributed by atoms with Crippen molar-refractivity contribution in [3.05, 3.63) is 22.5 Å². The van der Waals surface area contributed by atoms with Crippen LogP contribution in [-0.2, 0) is 13.0 Å². The van der Waals surface area contributed by atoms with Crippen LogP contribution in [0.1, 0.15) is 28.9 Å². The van der Waals surface area contributed by atoms with Crippen LogP contribution < -0.4 is 5.73 Å². The first kappa shape index (κ1) is 8.63. The molecule has 1 aliphatic heterocycles. The van der Waals surface area contributed by atoms with Gasteiger partial charge in [-0.1, -0.05) is 11.6 Å². The number of nitrogens with zero attached hydrogens (tertiary/aromatic N) is 1. The van der Waals surface area contributed by atoms with Gasteiger partial charge in [-0.3, -0.25) is 4.79 Å². The third-order valence-electron chi connectivity index (χ3n) is 2.45. The topological polar surface area (TPSA) is 48.0 Å². The van der Waals surface area contributed by atoms with Crippen molar-refractivity contribution < 1.29 is 4.79 Å². The molecule has 0 saturated carbocycles. The van der Waals surface area contributed by atoms with E-state index >= 15 is 0 Å². The predicted molar refractivity (Wildman–Crippen MR) is 50.9 cm³/mol. The molecule has 2 N–H and O–H groups in total. The molecule has 70 valence electrons. The first-order valence-electron chi connectivity index (χ1n) is 4.37. The molecule has 1 aromatic heterocycles. The summed E-state index contributed by atoms with van der Waals surface area (Å²) in [7, 11) is 0. The highest BCUT2D eigenvalue weighted by Gasteiger charge is 2.20. The molecule has 2 heterocycles. The third kappa shape index (κ3) is 1.33.